The Bertz CT molecular complexity index is 3140. The molecular weight excluding hydrogens is 703 g/mol. The second-order valence-corrected chi connectivity index (χ2v) is 15.2. The summed E-state index contributed by atoms with van der Waals surface area (Å²) < 4.78 is 6.76. The molecule has 0 fully saturated rings. The van der Waals surface area contributed by atoms with Crippen LogP contribution in [-0.4, -0.2) is 0 Å². The average Bonchev–Trinajstić information content (AvgIpc) is 3.67. The number of aryl methyl sites for hydroxylation is 1. The van der Waals surface area contributed by atoms with Crippen molar-refractivity contribution >= 4 is 55.8 Å². The van der Waals surface area contributed by atoms with E-state index in [0.29, 0.717) is 0 Å². The minimum Gasteiger partial charge on any atom is -0.455 e. The zero-order valence-corrected chi connectivity index (χ0v) is 32.0. The first-order valence-electron chi connectivity index (χ1n) is 20.1. The number of allylic oxidation sites excluding steroid dienone is 1. The van der Waals surface area contributed by atoms with Crippen molar-refractivity contribution in [3.63, 3.8) is 0 Å². The maximum atomic E-state index is 6.76. The zero-order valence-electron chi connectivity index (χ0n) is 32.0. The molecule has 0 amide bonds. The molecule has 274 valence electrons. The number of benzene rings is 9. The summed E-state index contributed by atoms with van der Waals surface area (Å²) in [6.07, 6.45) is 6.80. The van der Waals surface area contributed by atoms with Gasteiger partial charge in [0.15, 0.2) is 0 Å². The molecule has 1 aromatic heterocycles. The van der Waals surface area contributed by atoms with Gasteiger partial charge in [-0.25, -0.2) is 0 Å². The van der Waals surface area contributed by atoms with Gasteiger partial charge in [-0.05, 0) is 111 Å². The third kappa shape index (κ3) is 5.98. The molecule has 0 unspecified atom stereocenters. The Labute approximate surface area is 338 Å². The number of anilines is 3. The fourth-order valence-corrected chi connectivity index (χ4v) is 8.82. The number of para-hydroxylation sites is 2. The van der Waals surface area contributed by atoms with Crippen molar-refractivity contribution in [3.8, 4) is 44.5 Å². The molecule has 1 aliphatic rings. The normalized spacial score (nSPS) is 12.3. The lowest BCUT2D eigenvalue weighted by Gasteiger charge is -2.28. The molecule has 0 radical (unpaired) electrons. The van der Waals surface area contributed by atoms with E-state index in [1.165, 1.54) is 55.3 Å². The first-order valence-corrected chi connectivity index (χ1v) is 20.1. The van der Waals surface area contributed by atoms with Crippen LogP contribution in [-0.2, 0) is 6.42 Å². The summed E-state index contributed by atoms with van der Waals surface area (Å²) in [5.41, 5.74) is 17.3. The number of hydrogen-bond donors (Lipinski definition) is 0. The summed E-state index contributed by atoms with van der Waals surface area (Å²) in [6.45, 7) is 0. The summed E-state index contributed by atoms with van der Waals surface area (Å²) in [7, 11) is 0. The molecule has 0 atom stereocenters. The quantitative estimate of drug-likeness (QED) is 0.162. The highest BCUT2D eigenvalue weighted by atomic mass is 16.3. The van der Waals surface area contributed by atoms with Crippen molar-refractivity contribution in [3.05, 3.63) is 217 Å². The van der Waals surface area contributed by atoms with Crippen LogP contribution >= 0.6 is 0 Å². The fourth-order valence-electron chi connectivity index (χ4n) is 8.82. The van der Waals surface area contributed by atoms with Gasteiger partial charge >= 0.3 is 0 Å². The fraction of sp³-hybridized carbons (Fsp3) is 0.0357. The van der Waals surface area contributed by atoms with E-state index in [9.17, 15) is 0 Å². The molecule has 1 aliphatic carbocycles. The van der Waals surface area contributed by atoms with E-state index in [1.54, 1.807) is 0 Å². The highest BCUT2D eigenvalue weighted by Crippen LogP contribution is 2.45. The zero-order chi connectivity index (χ0) is 38.4. The Balaban J connectivity index is 1.01. The van der Waals surface area contributed by atoms with Crippen LogP contribution in [0.15, 0.2) is 211 Å². The van der Waals surface area contributed by atoms with Gasteiger partial charge in [0, 0.05) is 33.3 Å². The van der Waals surface area contributed by atoms with Crippen molar-refractivity contribution in [1.29, 1.82) is 0 Å². The molecule has 0 saturated heterocycles. The highest BCUT2D eigenvalue weighted by molar-refractivity contribution is 6.14. The summed E-state index contributed by atoms with van der Waals surface area (Å²) in [4.78, 5) is 2.37. The molecule has 0 N–H and O–H groups in total. The molecule has 58 heavy (non-hydrogen) atoms. The SMILES string of the molecule is C1=Cc2c(cccc2-c2ccc(-c3ccc(N(c4ccc(-c5ccccc5)cc4)c4ccccc4-c4cccc5c4oc4cc6ccccc6cc45)cc3)cc2)CC1. The summed E-state index contributed by atoms with van der Waals surface area (Å²) >= 11 is 0. The largest absolute Gasteiger partial charge is 0.455 e. The van der Waals surface area contributed by atoms with Crippen molar-refractivity contribution in [2.75, 3.05) is 4.90 Å². The molecule has 0 spiro atoms. The van der Waals surface area contributed by atoms with Gasteiger partial charge in [0.1, 0.15) is 11.2 Å². The Kier molecular flexibility index (Phi) is 8.33. The van der Waals surface area contributed by atoms with Crippen molar-refractivity contribution in [2.24, 2.45) is 0 Å². The van der Waals surface area contributed by atoms with E-state index in [4.69, 9.17) is 4.42 Å². The summed E-state index contributed by atoms with van der Waals surface area (Å²) in [6, 6.07) is 72.3. The lowest BCUT2D eigenvalue weighted by atomic mass is 9.89. The average molecular weight is 742 g/mol. The number of hydrogen-bond acceptors (Lipinski definition) is 2. The van der Waals surface area contributed by atoms with Crippen LogP contribution in [0.25, 0.3) is 83.3 Å². The Hall–Kier alpha value is -7.42. The molecule has 0 aliphatic heterocycles. The van der Waals surface area contributed by atoms with Crippen LogP contribution < -0.4 is 4.90 Å². The van der Waals surface area contributed by atoms with Crippen LogP contribution in [0.3, 0.4) is 0 Å². The van der Waals surface area contributed by atoms with Crippen LogP contribution in [0.5, 0.6) is 0 Å². The van der Waals surface area contributed by atoms with E-state index in [-0.39, 0.29) is 0 Å². The van der Waals surface area contributed by atoms with Crippen LogP contribution in [0.2, 0.25) is 0 Å². The van der Waals surface area contributed by atoms with E-state index in [1.807, 2.05) is 0 Å². The van der Waals surface area contributed by atoms with E-state index < -0.39 is 0 Å². The number of furan rings is 1. The van der Waals surface area contributed by atoms with Crippen molar-refractivity contribution in [2.45, 2.75) is 12.8 Å². The summed E-state index contributed by atoms with van der Waals surface area (Å²) in [5, 5.41) is 4.63. The molecular formula is C56H39NO. The second-order valence-electron chi connectivity index (χ2n) is 15.2. The van der Waals surface area contributed by atoms with Crippen molar-refractivity contribution in [1.82, 2.24) is 0 Å². The van der Waals surface area contributed by atoms with E-state index >= 15 is 0 Å². The van der Waals surface area contributed by atoms with Crippen LogP contribution in [0, 0.1) is 0 Å². The lowest BCUT2D eigenvalue weighted by Crippen LogP contribution is -2.11. The van der Waals surface area contributed by atoms with Gasteiger partial charge < -0.3 is 9.32 Å². The number of fused-ring (bicyclic) bond motifs is 5. The number of nitrogens with zero attached hydrogens (tertiary/aromatic N) is 1. The molecule has 2 heteroatoms. The van der Waals surface area contributed by atoms with Gasteiger partial charge in [0.2, 0.25) is 0 Å². The van der Waals surface area contributed by atoms with Gasteiger partial charge in [-0.15, -0.1) is 0 Å². The maximum Gasteiger partial charge on any atom is 0.143 e. The third-order valence-electron chi connectivity index (χ3n) is 11.7. The van der Waals surface area contributed by atoms with Crippen molar-refractivity contribution < 1.29 is 4.42 Å². The van der Waals surface area contributed by atoms with Crippen LogP contribution in [0.4, 0.5) is 17.1 Å². The lowest BCUT2D eigenvalue weighted by molar-refractivity contribution is 0.670. The first kappa shape index (κ1) is 33.9. The van der Waals surface area contributed by atoms with Gasteiger partial charge in [-0.3, -0.25) is 0 Å². The van der Waals surface area contributed by atoms with Crippen LogP contribution in [0.1, 0.15) is 17.5 Å². The first-order chi connectivity index (χ1) is 28.7. The summed E-state index contributed by atoms with van der Waals surface area (Å²) in [5.74, 6) is 0. The molecule has 11 rings (SSSR count). The van der Waals surface area contributed by atoms with Gasteiger partial charge in [0.05, 0.1) is 5.69 Å². The number of rotatable bonds is 7. The molecule has 9 aromatic carbocycles. The Morgan fingerprint density at radius 3 is 1.72 bits per heavy atom. The molecule has 0 bridgehead atoms. The molecule has 1 heterocycles. The highest BCUT2D eigenvalue weighted by Gasteiger charge is 2.21. The Morgan fingerprint density at radius 2 is 0.983 bits per heavy atom. The van der Waals surface area contributed by atoms with Gasteiger partial charge in [0.25, 0.3) is 0 Å². The second kappa shape index (κ2) is 14.3. The van der Waals surface area contributed by atoms with E-state index in [2.05, 4.69) is 217 Å². The topological polar surface area (TPSA) is 16.4 Å². The van der Waals surface area contributed by atoms with Gasteiger partial charge in [-0.1, -0.05) is 170 Å². The third-order valence-corrected chi connectivity index (χ3v) is 11.7. The predicted octanol–water partition coefficient (Wildman–Crippen LogP) is 15.8. The molecule has 10 aromatic rings. The smallest absolute Gasteiger partial charge is 0.143 e. The molecule has 2 nitrogen and oxygen atoms in total. The monoisotopic (exact) mass is 741 g/mol. The minimum atomic E-state index is 0.894. The minimum absolute atomic E-state index is 0.894. The maximum absolute atomic E-state index is 6.76. The predicted molar refractivity (Wildman–Crippen MR) is 245 cm³/mol. The Morgan fingerprint density at radius 1 is 0.414 bits per heavy atom. The van der Waals surface area contributed by atoms with E-state index in [0.717, 1.165) is 63.0 Å². The van der Waals surface area contributed by atoms with Gasteiger partial charge in [-0.2, -0.15) is 0 Å². The molecule has 0 saturated carbocycles. The standard InChI is InChI=1S/C56H39NO/c1-2-12-38(13-3-1)40-28-32-46(33-29-40)57(47-34-30-41(31-35-47)39-24-26-43(27-25-39)49-20-10-17-42-14-6-7-18-48(42)49)54-23-9-8-19-50(54)51-21-11-22-52-53-36-44-15-4-5-16-45(44)37-55(53)58-56(51)52/h1-5,7-13,15-37H,6,14H2.